The molecule has 1 N–H and O–H groups in total. The first kappa shape index (κ1) is 14.1. The predicted molar refractivity (Wildman–Crippen MR) is 72.4 cm³/mol. The standard InChI is InChI=1S/C11H13ClN4O2S/c1-19-11-14-6-7(12)9(15-11)10(18)16-4-2-8(17)13-3-5-16/h6H,2-5H2,1H3,(H,13,17). The predicted octanol–water partition coefficient (Wildman–Crippen LogP) is 0.814. The highest BCUT2D eigenvalue weighted by molar-refractivity contribution is 7.98. The van der Waals surface area contributed by atoms with Crippen LogP contribution in [0, 0.1) is 0 Å². The molecule has 0 bridgehead atoms. The number of carbonyl (C=O) groups excluding carboxylic acids is 2. The van der Waals surface area contributed by atoms with Gasteiger partial charge in [0.05, 0.1) is 11.2 Å². The van der Waals surface area contributed by atoms with Gasteiger partial charge in [-0.05, 0) is 6.26 Å². The molecule has 1 aliphatic heterocycles. The molecule has 0 atom stereocenters. The highest BCUT2D eigenvalue weighted by Gasteiger charge is 2.23. The number of carbonyl (C=O) groups is 2. The van der Waals surface area contributed by atoms with Crippen molar-refractivity contribution in [3.05, 3.63) is 16.9 Å². The second-order valence-electron chi connectivity index (χ2n) is 3.95. The van der Waals surface area contributed by atoms with E-state index in [0.29, 0.717) is 31.2 Å². The Morgan fingerprint density at radius 1 is 1.53 bits per heavy atom. The largest absolute Gasteiger partial charge is 0.354 e. The van der Waals surface area contributed by atoms with Gasteiger partial charge in [-0.15, -0.1) is 0 Å². The van der Waals surface area contributed by atoms with Crippen LogP contribution in [0.5, 0.6) is 0 Å². The van der Waals surface area contributed by atoms with Crippen LogP contribution in [0.4, 0.5) is 0 Å². The van der Waals surface area contributed by atoms with E-state index in [4.69, 9.17) is 11.6 Å². The number of nitrogens with one attached hydrogen (secondary N) is 1. The quantitative estimate of drug-likeness (QED) is 0.646. The van der Waals surface area contributed by atoms with Crippen LogP contribution in [0.3, 0.4) is 0 Å². The van der Waals surface area contributed by atoms with E-state index in [1.165, 1.54) is 18.0 Å². The maximum Gasteiger partial charge on any atom is 0.274 e. The first-order valence-corrected chi connectivity index (χ1v) is 7.34. The molecule has 2 amide bonds. The summed E-state index contributed by atoms with van der Waals surface area (Å²) >= 11 is 7.31. The van der Waals surface area contributed by atoms with Gasteiger partial charge in [-0.1, -0.05) is 23.4 Å². The number of rotatable bonds is 2. The Balaban J connectivity index is 2.20. The Morgan fingerprint density at radius 3 is 3.05 bits per heavy atom. The SMILES string of the molecule is CSc1ncc(Cl)c(C(=O)N2CCNC(=O)CC2)n1. The van der Waals surface area contributed by atoms with Crippen molar-refractivity contribution in [1.82, 2.24) is 20.2 Å². The monoisotopic (exact) mass is 300 g/mol. The second-order valence-corrected chi connectivity index (χ2v) is 5.13. The summed E-state index contributed by atoms with van der Waals surface area (Å²) in [5, 5.41) is 3.44. The maximum absolute atomic E-state index is 12.4. The molecular weight excluding hydrogens is 288 g/mol. The number of hydrogen-bond donors (Lipinski definition) is 1. The Bertz CT molecular complexity index is 511. The van der Waals surface area contributed by atoms with Gasteiger partial charge in [0.25, 0.3) is 5.91 Å². The minimum Gasteiger partial charge on any atom is -0.354 e. The summed E-state index contributed by atoms with van der Waals surface area (Å²) in [6.07, 6.45) is 3.55. The zero-order valence-electron chi connectivity index (χ0n) is 10.4. The normalized spacial score (nSPS) is 15.9. The molecule has 0 aliphatic carbocycles. The van der Waals surface area contributed by atoms with Gasteiger partial charge in [-0.25, -0.2) is 9.97 Å². The van der Waals surface area contributed by atoms with E-state index >= 15 is 0 Å². The molecule has 0 unspecified atom stereocenters. The van der Waals surface area contributed by atoms with Gasteiger partial charge < -0.3 is 10.2 Å². The van der Waals surface area contributed by atoms with Crippen LogP contribution in [0.2, 0.25) is 5.02 Å². The zero-order valence-corrected chi connectivity index (χ0v) is 11.9. The molecule has 0 aromatic carbocycles. The van der Waals surface area contributed by atoms with Gasteiger partial charge in [0, 0.05) is 26.1 Å². The molecular formula is C11H13ClN4O2S. The molecule has 0 spiro atoms. The Hall–Kier alpha value is -1.34. The number of hydrogen-bond acceptors (Lipinski definition) is 5. The first-order chi connectivity index (χ1) is 9.11. The fourth-order valence-electron chi connectivity index (χ4n) is 1.72. The third-order valence-corrected chi connectivity index (χ3v) is 3.55. The molecule has 1 fully saturated rings. The topological polar surface area (TPSA) is 75.2 Å². The van der Waals surface area contributed by atoms with Gasteiger partial charge in [-0.3, -0.25) is 9.59 Å². The number of amides is 2. The Labute approximate surface area is 119 Å². The molecule has 2 heterocycles. The van der Waals surface area contributed by atoms with Crippen LogP contribution in [0.25, 0.3) is 0 Å². The Morgan fingerprint density at radius 2 is 2.32 bits per heavy atom. The summed E-state index contributed by atoms with van der Waals surface area (Å²) in [5.41, 5.74) is 0.190. The van der Waals surface area contributed by atoms with Crippen LogP contribution in [-0.4, -0.2) is 52.6 Å². The van der Waals surface area contributed by atoms with E-state index in [-0.39, 0.29) is 22.5 Å². The van der Waals surface area contributed by atoms with E-state index in [2.05, 4.69) is 15.3 Å². The van der Waals surface area contributed by atoms with Gasteiger partial charge in [0.15, 0.2) is 10.9 Å². The first-order valence-electron chi connectivity index (χ1n) is 5.74. The lowest BCUT2D eigenvalue weighted by atomic mass is 10.3. The lowest BCUT2D eigenvalue weighted by Crippen LogP contribution is -2.35. The van der Waals surface area contributed by atoms with Crippen LogP contribution in [0.1, 0.15) is 16.9 Å². The fourth-order valence-corrected chi connectivity index (χ4v) is 2.23. The molecule has 19 heavy (non-hydrogen) atoms. The van der Waals surface area contributed by atoms with Crippen LogP contribution in [0.15, 0.2) is 11.4 Å². The van der Waals surface area contributed by atoms with E-state index in [0.717, 1.165) is 0 Å². The van der Waals surface area contributed by atoms with E-state index < -0.39 is 0 Å². The summed E-state index contributed by atoms with van der Waals surface area (Å²) in [6.45, 7) is 1.28. The van der Waals surface area contributed by atoms with Crippen molar-refractivity contribution in [2.24, 2.45) is 0 Å². The van der Waals surface area contributed by atoms with Crippen molar-refractivity contribution in [3.8, 4) is 0 Å². The van der Waals surface area contributed by atoms with Crippen molar-refractivity contribution in [2.45, 2.75) is 11.6 Å². The van der Waals surface area contributed by atoms with Gasteiger partial charge >= 0.3 is 0 Å². The van der Waals surface area contributed by atoms with E-state index in [9.17, 15) is 9.59 Å². The highest BCUT2D eigenvalue weighted by Crippen LogP contribution is 2.18. The average Bonchev–Trinajstić information content (AvgIpc) is 2.63. The molecule has 102 valence electrons. The minimum atomic E-state index is -0.265. The van der Waals surface area contributed by atoms with E-state index in [1.54, 1.807) is 4.90 Å². The van der Waals surface area contributed by atoms with Crippen molar-refractivity contribution >= 4 is 35.2 Å². The lowest BCUT2D eigenvalue weighted by molar-refractivity contribution is -0.120. The minimum absolute atomic E-state index is 0.0473. The molecule has 1 aliphatic rings. The number of thioether (sulfide) groups is 1. The molecule has 1 aromatic rings. The number of halogens is 1. The molecule has 1 aromatic heterocycles. The average molecular weight is 301 g/mol. The highest BCUT2D eigenvalue weighted by atomic mass is 35.5. The number of aromatic nitrogens is 2. The zero-order chi connectivity index (χ0) is 13.8. The van der Waals surface area contributed by atoms with Gasteiger partial charge in [-0.2, -0.15) is 0 Å². The fraction of sp³-hybridized carbons (Fsp3) is 0.455. The summed E-state index contributed by atoms with van der Waals surface area (Å²) in [5.74, 6) is -0.312. The van der Waals surface area contributed by atoms with Gasteiger partial charge in [0.1, 0.15) is 0 Å². The van der Waals surface area contributed by atoms with Crippen molar-refractivity contribution in [2.75, 3.05) is 25.9 Å². The van der Waals surface area contributed by atoms with Crippen LogP contribution in [-0.2, 0) is 4.79 Å². The summed E-state index contributed by atoms with van der Waals surface area (Å²) in [4.78, 5) is 33.3. The molecule has 0 saturated carbocycles. The smallest absolute Gasteiger partial charge is 0.274 e. The molecule has 8 heteroatoms. The molecule has 2 rings (SSSR count). The van der Waals surface area contributed by atoms with E-state index in [1.807, 2.05) is 6.26 Å². The summed E-state index contributed by atoms with van der Waals surface area (Å²) in [7, 11) is 0. The summed E-state index contributed by atoms with van der Waals surface area (Å²) in [6, 6.07) is 0. The van der Waals surface area contributed by atoms with Crippen molar-refractivity contribution < 1.29 is 9.59 Å². The Kier molecular flexibility index (Phi) is 4.60. The van der Waals surface area contributed by atoms with Crippen LogP contribution >= 0.6 is 23.4 Å². The van der Waals surface area contributed by atoms with Crippen molar-refractivity contribution in [1.29, 1.82) is 0 Å². The van der Waals surface area contributed by atoms with Crippen LogP contribution < -0.4 is 5.32 Å². The van der Waals surface area contributed by atoms with Crippen molar-refractivity contribution in [3.63, 3.8) is 0 Å². The second kappa shape index (κ2) is 6.21. The number of nitrogens with zero attached hydrogens (tertiary/aromatic N) is 3. The molecule has 0 radical (unpaired) electrons. The molecule has 6 nitrogen and oxygen atoms in total. The third kappa shape index (κ3) is 3.36. The summed E-state index contributed by atoms with van der Waals surface area (Å²) < 4.78 is 0. The third-order valence-electron chi connectivity index (χ3n) is 2.71. The molecule has 1 saturated heterocycles. The lowest BCUT2D eigenvalue weighted by Gasteiger charge is -2.19. The maximum atomic E-state index is 12.4. The van der Waals surface area contributed by atoms with Gasteiger partial charge in [0.2, 0.25) is 5.91 Å².